The molecule has 21 heavy (non-hydrogen) atoms. The van der Waals surface area contributed by atoms with Crippen molar-refractivity contribution in [2.45, 2.75) is 26.5 Å². The molecule has 1 heterocycles. The van der Waals surface area contributed by atoms with E-state index in [-0.39, 0.29) is 17.2 Å². The fourth-order valence-corrected chi connectivity index (χ4v) is 1.92. The van der Waals surface area contributed by atoms with Crippen molar-refractivity contribution in [1.29, 1.82) is 0 Å². The Morgan fingerprint density at radius 3 is 2.43 bits per heavy atom. The van der Waals surface area contributed by atoms with E-state index in [4.69, 9.17) is 4.42 Å². The fraction of sp³-hybridized carbons (Fsp3) is 0.375. The summed E-state index contributed by atoms with van der Waals surface area (Å²) in [6.45, 7) is 4.68. The first-order valence-electron chi connectivity index (χ1n) is 6.91. The average Bonchev–Trinajstić information content (AvgIpc) is 2.87. The lowest BCUT2D eigenvalue weighted by Gasteiger charge is -2.14. The molecule has 0 aliphatic rings. The largest absolute Gasteiger partial charge is 0.460 e. The minimum Gasteiger partial charge on any atom is -0.460 e. The Balaban J connectivity index is 2.02. The predicted octanol–water partition coefficient (Wildman–Crippen LogP) is 3.33. The van der Waals surface area contributed by atoms with E-state index in [2.05, 4.69) is 5.32 Å². The first-order valence-corrected chi connectivity index (χ1v) is 6.91. The lowest BCUT2D eigenvalue weighted by molar-refractivity contribution is 0.123. The standard InChI is InChI=1S/C16H19F2NO2/c1-10(2)14(20)9-19-8-11-6-7-15(21-11)16-12(17)4-3-5-13(16)18/h3-7,10,14,19-20H,8-9H2,1-2H3. The SMILES string of the molecule is CC(C)C(O)CNCc1ccc(-c2c(F)cccc2F)o1. The Labute approximate surface area is 122 Å². The van der Waals surface area contributed by atoms with Gasteiger partial charge in [0, 0.05) is 6.54 Å². The second-order valence-corrected chi connectivity index (χ2v) is 5.30. The van der Waals surface area contributed by atoms with Crippen molar-refractivity contribution >= 4 is 0 Å². The highest BCUT2D eigenvalue weighted by Gasteiger charge is 2.15. The molecule has 5 heteroatoms. The van der Waals surface area contributed by atoms with Crippen LogP contribution in [-0.2, 0) is 6.54 Å². The van der Waals surface area contributed by atoms with Gasteiger partial charge in [-0.3, -0.25) is 0 Å². The van der Waals surface area contributed by atoms with E-state index in [1.54, 1.807) is 6.07 Å². The Morgan fingerprint density at radius 2 is 1.81 bits per heavy atom. The lowest BCUT2D eigenvalue weighted by Crippen LogP contribution is -2.30. The predicted molar refractivity (Wildman–Crippen MR) is 76.6 cm³/mol. The molecule has 1 unspecified atom stereocenters. The number of aliphatic hydroxyl groups excluding tert-OH is 1. The van der Waals surface area contributed by atoms with E-state index < -0.39 is 17.7 Å². The van der Waals surface area contributed by atoms with Gasteiger partial charge in [-0.1, -0.05) is 19.9 Å². The van der Waals surface area contributed by atoms with Gasteiger partial charge < -0.3 is 14.8 Å². The van der Waals surface area contributed by atoms with Gasteiger partial charge in [0.15, 0.2) is 0 Å². The summed E-state index contributed by atoms with van der Waals surface area (Å²) in [5.41, 5.74) is -0.161. The van der Waals surface area contributed by atoms with Crippen LogP contribution in [0.25, 0.3) is 11.3 Å². The van der Waals surface area contributed by atoms with Crippen LogP contribution in [-0.4, -0.2) is 17.8 Å². The zero-order chi connectivity index (χ0) is 15.4. The van der Waals surface area contributed by atoms with Crippen LogP contribution in [0.4, 0.5) is 8.78 Å². The van der Waals surface area contributed by atoms with Gasteiger partial charge in [-0.15, -0.1) is 0 Å². The van der Waals surface area contributed by atoms with Gasteiger partial charge in [-0.2, -0.15) is 0 Å². The topological polar surface area (TPSA) is 45.4 Å². The third-order valence-corrected chi connectivity index (χ3v) is 3.29. The summed E-state index contributed by atoms with van der Waals surface area (Å²) < 4.78 is 32.7. The molecule has 0 fully saturated rings. The van der Waals surface area contributed by atoms with Crippen LogP contribution >= 0.6 is 0 Å². The molecule has 0 aliphatic carbocycles. The third kappa shape index (κ3) is 3.89. The number of nitrogens with one attached hydrogen (secondary N) is 1. The van der Waals surface area contributed by atoms with Crippen molar-refractivity contribution in [3.63, 3.8) is 0 Å². The maximum atomic E-state index is 13.6. The number of furan rings is 1. The van der Waals surface area contributed by atoms with E-state index in [1.165, 1.54) is 24.3 Å². The van der Waals surface area contributed by atoms with Crippen LogP contribution < -0.4 is 5.32 Å². The van der Waals surface area contributed by atoms with E-state index in [0.717, 1.165) is 0 Å². The molecule has 2 aromatic rings. The van der Waals surface area contributed by atoms with Gasteiger partial charge in [0.05, 0.1) is 18.2 Å². The Bertz CT molecular complexity index is 575. The number of benzene rings is 1. The average molecular weight is 295 g/mol. The molecule has 2 N–H and O–H groups in total. The van der Waals surface area contributed by atoms with Gasteiger partial charge in [0.1, 0.15) is 23.2 Å². The van der Waals surface area contributed by atoms with Gasteiger partial charge in [-0.25, -0.2) is 8.78 Å². The molecule has 1 atom stereocenters. The number of hydrogen-bond acceptors (Lipinski definition) is 3. The molecular weight excluding hydrogens is 276 g/mol. The molecule has 0 spiro atoms. The molecule has 3 nitrogen and oxygen atoms in total. The fourth-order valence-electron chi connectivity index (χ4n) is 1.92. The molecule has 0 aliphatic heterocycles. The smallest absolute Gasteiger partial charge is 0.140 e. The molecule has 2 rings (SSSR count). The highest BCUT2D eigenvalue weighted by molar-refractivity contribution is 5.59. The van der Waals surface area contributed by atoms with Crippen molar-refractivity contribution in [3.05, 3.63) is 47.7 Å². The summed E-state index contributed by atoms with van der Waals surface area (Å²) >= 11 is 0. The second-order valence-electron chi connectivity index (χ2n) is 5.30. The molecule has 0 saturated carbocycles. The van der Waals surface area contributed by atoms with E-state index >= 15 is 0 Å². The van der Waals surface area contributed by atoms with Crippen molar-refractivity contribution in [1.82, 2.24) is 5.32 Å². The number of aliphatic hydroxyl groups is 1. The molecule has 114 valence electrons. The Hall–Kier alpha value is -1.72. The van der Waals surface area contributed by atoms with Crippen molar-refractivity contribution in [2.24, 2.45) is 5.92 Å². The first-order chi connectivity index (χ1) is 9.99. The summed E-state index contributed by atoms with van der Waals surface area (Å²) in [6, 6.07) is 6.90. The molecule has 1 aromatic carbocycles. The zero-order valence-corrected chi connectivity index (χ0v) is 12.1. The minimum atomic E-state index is -0.654. The summed E-state index contributed by atoms with van der Waals surface area (Å²) in [5.74, 6) is -0.425. The Kier molecular flexibility index (Phi) is 5.09. The summed E-state index contributed by atoms with van der Waals surface area (Å²) in [5, 5.41) is 12.7. The summed E-state index contributed by atoms with van der Waals surface area (Å²) in [4.78, 5) is 0. The molecule has 0 amide bonds. The van der Waals surface area contributed by atoms with Crippen LogP contribution in [0.2, 0.25) is 0 Å². The number of rotatable bonds is 6. The van der Waals surface area contributed by atoms with Crippen LogP contribution in [0.15, 0.2) is 34.7 Å². The molecule has 0 bridgehead atoms. The zero-order valence-electron chi connectivity index (χ0n) is 12.1. The van der Waals surface area contributed by atoms with Crippen LogP contribution in [0.5, 0.6) is 0 Å². The van der Waals surface area contributed by atoms with Gasteiger partial charge in [0.25, 0.3) is 0 Å². The highest BCUT2D eigenvalue weighted by atomic mass is 19.1. The molecular formula is C16H19F2NO2. The van der Waals surface area contributed by atoms with Crippen LogP contribution in [0, 0.1) is 17.6 Å². The number of halogens is 2. The van der Waals surface area contributed by atoms with E-state index in [0.29, 0.717) is 18.8 Å². The monoisotopic (exact) mass is 295 g/mol. The third-order valence-electron chi connectivity index (χ3n) is 3.29. The molecule has 0 radical (unpaired) electrons. The maximum absolute atomic E-state index is 13.6. The van der Waals surface area contributed by atoms with Crippen LogP contribution in [0.1, 0.15) is 19.6 Å². The lowest BCUT2D eigenvalue weighted by atomic mass is 10.1. The van der Waals surface area contributed by atoms with Crippen molar-refractivity contribution < 1.29 is 18.3 Å². The quantitative estimate of drug-likeness (QED) is 0.859. The number of hydrogen-bond donors (Lipinski definition) is 2. The normalized spacial score (nSPS) is 12.9. The van der Waals surface area contributed by atoms with Crippen LogP contribution in [0.3, 0.4) is 0 Å². The van der Waals surface area contributed by atoms with Gasteiger partial charge in [0.2, 0.25) is 0 Å². The van der Waals surface area contributed by atoms with Crippen molar-refractivity contribution in [2.75, 3.05) is 6.54 Å². The van der Waals surface area contributed by atoms with Gasteiger partial charge in [-0.05, 0) is 30.2 Å². The van der Waals surface area contributed by atoms with E-state index in [9.17, 15) is 13.9 Å². The maximum Gasteiger partial charge on any atom is 0.140 e. The van der Waals surface area contributed by atoms with E-state index in [1.807, 2.05) is 13.8 Å². The van der Waals surface area contributed by atoms with Gasteiger partial charge >= 0.3 is 0 Å². The Morgan fingerprint density at radius 1 is 1.14 bits per heavy atom. The minimum absolute atomic E-state index is 0.159. The first kappa shape index (κ1) is 15.7. The summed E-state index contributed by atoms with van der Waals surface area (Å²) in [6.07, 6.45) is -0.441. The molecule has 0 saturated heterocycles. The highest BCUT2D eigenvalue weighted by Crippen LogP contribution is 2.27. The second kappa shape index (κ2) is 6.83. The molecule has 1 aromatic heterocycles. The van der Waals surface area contributed by atoms with Crippen molar-refractivity contribution in [3.8, 4) is 11.3 Å². The summed E-state index contributed by atoms with van der Waals surface area (Å²) in [7, 11) is 0.